The van der Waals surface area contributed by atoms with E-state index in [1.807, 2.05) is 18.2 Å². The summed E-state index contributed by atoms with van der Waals surface area (Å²) in [6, 6.07) is 11.2. The number of H-pyrrole nitrogens is 1. The van der Waals surface area contributed by atoms with Crippen molar-refractivity contribution in [2.75, 3.05) is 13.1 Å². The molecule has 1 aromatic carbocycles. The molecule has 1 aromatic heterocycles. The van der Waals surface area contributed by atoms with Crippen molar-refractivity contribution in [3.05, 3.63) is 53.3 Å². The number of benzene rings is 1. The Labute approximate surface area is 133 Å². The van der Waals surface area contributed by atoms with E-state index < -0.39 is 6.43 Å². The minimum absolute atomic E-state index is 0.0461. The molecule has 1 aliphatic heterocycles. The number of amides is 1. The standard InChI is InChI=1S/C17H19F2N3O/c1-17(2)10-22(9-12(17)11-6-4-3-5-7-11)16(23)14-8-13(15(18)19)20-21-14/h3-8,12,15H,9-10H2,1-2H3,(H,20,21)/t12-/m0/s1. The molecule has 122 valence electrons. The molecule has 3 rings (SSSR count). The molecule has 1 aliphatic rings. The maximum absolute atomic E-state index is 12.6. The van der Waals surface area contributed by atoms with Gasteiger partial charge in [-0.1, -0.05) is 44.2 Å². The van der Waals surface area contributed by atoms with E-state index in [-0.39, 0.29) is 28.6 Å². The smallest absolute Gasteiger partial charge is 0.279 e. The van der Waals surface area contributed by atoms with E-state index in [0.717, 1.165) is 6.07 Å². The first kappa shape index (κ1) is 15.6. The van der Waals surface area contributed by atoms with Crippen LogP contribution in [0, 0.1) is 5.41 Å². The third-order valence-electron chi connectivity index (χ3n) is 4.49. The van der Waals surface area contributed by atoms with Crippen LogP contribution in [0.15, 0.2) is 36.4 Å². The molecular formula is C17H19F2N3O. The first-order valence-electron chi connectivity index (χ1n) is 7.56. The second kappa shape index (κ2) is 5.76. The van der Waals surface area contributed by atoms with Gasteiger partial charge < -0.3 is 4.90 Å². The van der Waals surface area contributed by atoms with E-state index in [1.165, 1.54) is 5.56 Å². The maximum atomic E-state index is 12.6. The van der Waals surface area contributed by atoms with Gasteiger partial charge in [0.25, 0.3) is 12.3 Å². The van der Waals surface area contributed by atoms with Gasteiger partial charge in [0, 0.05) is 19.0 Å². The number of likely N-dealkylation sites (tertiary alicyclic amines) is 1. The molecule has 0 saturated carbocycles. The zero-order valence-corrected chi connectivity index (χ0v) is 13.1. The van der Waals surface area contributed by atoms with Gasteiger partial charge >= 0.3 is 0 Å². The fourth-order valence-corrected chi connectivity index (χ4v) is 3.25. The highest BCUT2D eigenvalue weighted by molar-refractivity contribution is 5.92. The monoisotopic (exact) mass is 319 g/mol. The molecule has 1 fully saturated rings. The van der Waals surface area contributed by atoms with Crippen molar-refractivity contribution in [1.29, 1.82) is 0 Å². The van der Waals surface area contributed by atoms with Gasteiger partial charge in [-0.3, -0.25) is 9.89 Å². The van der Waals surface area contributed by atoms with Crippen molar-refractivity contribution in [2.45, 2.75) is 26.2 Å². The number of aromatic amines is 1. The molecule has 1 amide bonds. The third-order valence-corrected chi connectivity index (χ3v) is 4.49. The summed E-state index contributed by atoms with van der Waals surface area (Å²) < 4.78 is 25.3. The highest BCUT2D eigenvalue weighted by atomic mass is 19.3. The molecule has 6 heteroatoms. The van der Waals surface area contributed by atoms with E-state index in [1.54, 1.807) is 4.90 Å². The highest BCUT2D eigenvalue weighted by Gasteiger charge is 2.42. The lowest BCUT2D eigenvalue weighted by Gasteiger charge is -2.25. The summed E-state index contributed by atoms with van der Waals surface area (Å²) in [6.45, 7) is 5.37. The first-order chi connectivity index (χ1) is 10.9. The first-order valence-corrected chi connectivity index (χ1v) is 7.56. The van der Waals surface area contributed by atoms with Crippen LogP contribution in [0.3, 0.4) is 0 Å². The Bertz CT molecular complexity index is 697. The van der Waals surface area contributed by atoms with Crippen LogP contribution in [0.5, 0.6) is 0 Å². The fraction of sp³-hybridized carbons (Fsp3) is 0.412. The molecule has 2 aromatic rings. The molecule has 0 aliphatic carbocycles. The van der Waals surface area contributed by atoms with Gasteiger partial charge in [0.2, 0.25) is 0 Å². The second-order valence-electron chi connectivity index (χ2n) is 6.65. The SMILES string of the molecule is CC1(C)CN(C(=O)c2cc(C(F)F)[nH]n2)C[C@H]1c1ccccc1. The predicted octanol–water partition coefficient (Wildman–Crippen LogP) is 3.61. The summed E-state index contributed by atoms with van der Waals surface area (Å²) >= 11 is 0. The summed E-state index contributed by atoms with van der Waals surface area (Å²) in [4.78, 5) is 14.2. The Morgan fingerprint density at radius 2 is 2.04 bits per heavy atom. The molecule has 0 bridgehead atoms. The van der Waals surface area contributed by atoms with Crippen molar-refractivity contribution in [3.63, 3.8) is 0 Å². The molecule has 4 nitrogen and oxygen atoms in total. The van der Waals surface area contributed by atoms with Gasteiger partial charge in [0.05, 0.1) is 0 Å². The van der Waals surface area contributed by atoms with Crippen LogP contribution in [-0.2, 0) is 0 Å². The summed E-state index contributed by atoms with van der Waals surface area (Å²) in [5.41, 5.74) is 0.818. The molecule has 0 unspecified atom stereocenters. The lowest BCUT2D eigenvalue weighted by atomic mass is 9.78. The van der Waals surface area contributed by atoms with Crippen molar-refractivity contribution in [2.24, 2.45) is 5.41 Å². The van der Waals surface area contributed by atoms with E-state index >= 15 is 0 Å². The van der Waals surface area contributed by atoms with Gasteiger partial charge in [0.15, 0.2) is 5.69 Å². The number of halogens is 2. The number of rotatable bonds is 3. The molecule has 2 heterocycles. The minimum atomic E-state index is -2.66. The van der Waals surface area contributed by atoms with Crippen LogP contribution in [-0.4, -0.2) is 34.1 Å². The van der Waals surface area contributed by atoms with Gasteiger partial charge in [-0.25, -0.2) is 8.78 Å². The van der Waals surface area contributed by atoms with Crippen molar-refractivity contribution >= 4 is 5.91 Å². The lowest BCUT2D eigenvalue weighted by molar-refractivity contribution is 0.0772. The molecule has 23 heavy (non-hydrogen) atoms. The molecule has 0 radical (unpaired) electrons. The number of nitrogens with one attached hydrogen (secondary N) is 1. The molecular weight excluding hydrogens is 300 g/mol. The maximum Gasteiger partial charge on any atom is 0.279 e. The van der Waals surface area contributed by atoms with Gasteiger partial charge in [-0.05, 0) is 17.0 Å². The highest BCUT2D eigenvalue weighted by Crippen LogP contribution is 2.42. The van der Waals surface area contributed by atoms with Crippen LogP contribution >= 0.6 is 0 Å². The third kappa shape index (κ3) is 2.98. The summed E-state index contributed by atoms with van der Waals surface area (Å²) in [7, 11) is 0. The summed E-state index contributed by atoms with van der Waals surface area (Å²) in [6.07, 6.45) is -2.66. The molecule has 1 saturated heterocycles. The average molecular weight is 319 g/mol. The zero-order chi connectivity index (χ0) is 16.6. The van der Waals surface area contributed by atoms with E-state index in [0.29, 0.717) is 13.1 Å². The van der Waals surface area contributed by atoms with E-state index in [2.05, 4.69) is 36.2 Å². The predicted molar refractivity (Wildman–Crippen MR) is 82.4 cm³/mol. The van der Waals surface area contributed by atoms with Crippen LogP contribution < -0.4 is 0 Å². The van der Waals surface area contributed by atoms with Gasteiger partial charge in [-0.15, -0.1) is 0 Å². The van der Waals surface area contributed by atoms with Crippen LogP contribution in [0.2, 0.25) is 0 Å². The molecule has 0 spiro atoms. The number of hydrogen-bond donors (Lipinski definition) is 1. The Morgan fingerprint density at radius 1 is 1.35 bits per heavy atom. The number of alkyl halides is 2. The van der Waals surface area contributed by atoms with Crippen LogP contribution in [0.25, 0.3) is 0 Å². The van der Waals surface area contributed by atoms with Crippen molar-refractivity contribution < 1.29 is 13.6 Å². The number of carbonyl (C=O) groups is 1. The Kier molecular flexibility index (Phi) is 3.92. The van der Waals surface area contributed by atoms with Gasteiger partial charge in [0.1, 0.15) is 5.69 Å². The number of carbonyl (C=O) groups excluding carboxylic acids is 1. The average Bonchev–Trinajstić information content (AvgIpc) is 3.12. The van der Waals surface area contributed by atoms with Crippen molar-refractivity contribution in [3.8, 4) is 0 Å². The Morgan fingerprint density at radius 3 is 2.65 bits per heavy atom. The normalized spacial score (nSPS) is 20.2. The second-order valence-corrected chi connectivity index (χ2v) is 6.65. The summed E-state index contributed by atoms with van der Waals surface area (Å²) in [5.74, 6) is -0.0965. The van der Waals surface area contributed by atoms with E-state index in [9.17, 15) is 13.6 Å². The Hall–Kier alpha value is -2.24. The van der Waals surface area contributed by atoms with Crippen LogP contribution in [0.1, 0.15) is 47.9 Å². The Balaban J connectivity index is 1.80. The minimum Gasteiger partial charge on any atom is -0.336 e. The number of hydrogen-bond acceptors (Lipinski definition) is 2. The molecule has 1 atom stereocenters. The van der Waals surface area contributed by atoms with Crippen molar-refractivity contribution in [1.82, 2.24) is 15.1 Å². The zero-order valence-electron chi connectivity index (χ0n) is 13.1. The summed E-state index contributed by atoms with van der Waals surface area (Å²) in [5, 5.41) is 5.96. The fourth-order valence-electron chi connectivity index (χ4n) is 3.25. The number of aromatic nitrogens is 2. The molecule has 1 N–H and O–H groups in total. The quantitative estimate of drug-likeness (QED) is 0.939. The topological polar surface area (TPSA) is 49.0 Å². The largest absolute Gasteiger partial charge is 0.336 e. The van der Waals surface area contributed by atoms with Crippen LogP contribution in [0.4, 0.5) is 8.78 Å². The van der Waals surface area contributed by atoms with E-state index in [4.69, 9.17) is 0 Å². The number of nitrogens with zero attached hydrogens (tertiary/aromatic N) is 2. The van der Waals surface area contributed by atoms with Gasteiger partial charge in [-0.2, -0.15) is 5.10 Å². The lowest BCUT2D eigenvalue weighted by Crippen LogP contribution is -2.30.